The summed E-state index contributed by atoms with van der Waals surface area (Å²) in [6.07, 6.45) is 1.80. The molecule has 0 aliphatic rings. The highest BCUT2D eigenvalue weighted by molar-refractivity contribution is 9.10. The van der Waals surface area contributed by atoms with E-state index in [1.807, 2.05) is 23.1 Å². The zero-order valence-electron chi connectivity index (χ0n) is 9.06. The monoisotopic (exact) mass is 285 g/mol. The van der Waals surface area contributed by atoms with Crippen LogP contribution in [0.4, 0.5) is 5.69 Å². The Hall–Kier alpha value is -0.840. The van der Waals surface area contributed by atoms with Gasteiger partial charge < -0.3 is 15.1 Å². The van der Waals surface area contributed by atoms with Crippen LogP contribution in [0.3, 0.4) is 0 Å². The highest BCUT2D eigenvalue weighted by atomic mass is 79.9. The molecule has 1 aromatic carbocycles. The Balaban J connectivity index is 2.91. The van der Waals surface area contributed by atoms with Gasteiger partial charge in [-0.3, -0.25) is 0 Å². The molecule has 16 heavy (non-hydrogen) atoms. The maximum Gasteiger partial charge on any atom is 0.0692 e. The van der Waals surface area contributed by atoms with Crippen LogP contribution in [0.2, 0.25) is 0 Å². The number of hydrogen-bond acceptors (Lipinski definition) is 3. The van der Waals surface area contributed by atoms with Gasteiger partial charge in [0.1, 0.15) is 0 Å². The molecule has 88 valence electrons. The van der Waals surface area contributed by atoms with Gasteiger partial charge in [-0.25, -0.2) is 0 Å². The standard InChI is InChI=1S/C12H16BrNO2/c1-2-5-14(6-7-15)11-4-3-10(9-16)12(13)8-11/h2-4,8,15-16H,1,5-7,9H2. The van der Waals surface area contributed by atoms with Crippen molar-refractivity contribution in [2.24, 2.45) is 0 Å². The Morgan fingerprint density at radius 2 is 2.12 bits per heavy atom. The smallest absolute Gasteiger partial charge is 0.0692 e. The molecule has 0 saturated heterocycles. The number of nitrogens with zero attached hydrogens (tertiary/aromatic N) is 1. The minimum Gasteiger partial charge on any atom is -0.395 e. The number of benzene rings is 1. The minimum atomic E-state index is 0.0162. The lowest BCUT2D eigenvalue weighted by molar-refractivity contribution is 0.281. The highest BCUT2D eigenvalue weighted by Gasteiger charge is 2.06. The fraction of sp³-hybridized carbons (Fsp3) is 0.333. The first-order chi connectivity index (χ1) is 7.72. The lowest BCUT2D eigenvalue weighted by Crippen LogP contribution is -2.26. The third-order valence-corrected chi connectivity index (χ3v) is 3.03. The summed E-state index contributed by atoms with van der Waals surface area (Å²) >= 11 is 3.40. The van der Waals surface area contributed by atoms with Crippen molar-refractivity contribution in [1.82, 2.24) is 0 Å². The molecule has 1 aromatic rings. The van der Waals surface area contributed by atoms with Gasteiger partial charge in [-0.05, 0) is 17.7 Å². The molecule has 0 heterocycles. The van der Waals surface area contributed by atoms with Crippen LogP contribution in [-0.4, -0.2) is 29.9 Å². The molecular weight excluding hydrogens is 270 g/mol. The lowest BCUT2D eigenvalue weighted by atomic mass is 10.2. The van der Waals surface area contributed by atoms with Crippen molar-refractivity contribution in [3.63, 3.8) is 0 Å². The van der Waals surface area contributed by atoms with Gasteiger partial charge in [0.05, 0.1) is 13.2 Å². The third-order valence-electron chi connectivity index (χ3n) is 2.29. The van der Waals surface area contributed by atoms with E-state index in [1.165, 1.54) is 0 Å². The van der Waals surface area contributed by atoms with Crippen molar-refractivity contribution >= 4 is 21.6 Å². The molecule has 0 aromatic heterocycles. The van der Waals surface area contributed by atoms with E-state index < -0.39 is 0 Å². The van der Waals surface area contributed by atoms with Gasteiger partial charge in [0.15, 0.2) is 0 Å². The number of aliphatic hydroxyl groups excluding tert-OH is 2. The van der Waals surface area contributed by atoms with Crippen molar-refractivity contribution in [2.45, 2.75) is 6.61 Å². The summed E-state index contributed by atoms with van der Waals surface area (Å²) in [5, 5.41) is 18.0. The summed E-state index contributed by atoms with van der Waals surface area (Å²) in [6.45, 7) is 5.06. The summed E-state index contributed by atoms with van der Waals surface area (Å²) < 4.78 is 0.875. The molecule has 0 unspecified atom stereocenters. The lowest BCUT2D eigenvalue weighted by Gasteiger charge is -2.22. The van der Waals surface area contributed by atoms with Crippen LogP contribution in [0, 0.1) is 0 Å². The second-order valence-electron chi connectivity index (χ2n) is 3.39. The molecule has 0 aliphatic heterocycles. The van der Waals surface area contributed by atoms with Crippen LogP contribution in [0.5, 0.6) is 0 Å². The quantitative estimate of drug-likeness (QED) is 0.785. The van der Waals surface area contributed by atoms with Crippen LogP contribution < -0.4 is 4.90 Å². The Labute approximate surface area is 104 Å². The molecule has 0 fully saturated rings. The van der Waals surface area contributed by atoms with Gasteiger partial charge in [-0.2, -0.15) is 0 Å². The first-order valence-corrected chi connectivity index (χ1v) is 5.88. The average Bonchev–Trinajstić information content (AvgIpc) is 2.28. The fourth-order valence-corrected chi connectivity index (χ4v) is 1.96. The average molecular weight is 286 g/mol. The van der Waals surface area contributed by atoms with Crippen LogP contribution in [0.1, 0.15) is 5.56 Å². The molecule has 0 aliphatic carbocycles. The number of aliphatic hydroxyl groups is 2. The Morgan fingerprint density at radius 1 is 1.38 bits per heavy atom. The van der Waals surface area contributed by atoms with E-state index in [9.17, 15) is 0 Å². The fourth-order valence-electron chi connectivity index (χ4n) is 1.46. The number of anilines is 1. The largest absolute Gasteiger partial charge is 0.395 e. The number of halogens is 1. The number of hydrogen-bond donors (Lipinski definition) is 2. The van der Waals surface area contributed by atoms with Gasteiger partial charge >= 0.3 is 0 Å². The molecule has 4 heteroatoms. The molecule has 0 atom stereocenters. The van der Waals surface area contributed by atoms with E-state index in [4.69, 9.17) is 10.2 Å². The highest BCUT2D eigenvalue weighted by Crippen LogP contribution is 2.24. The molecule has 0 spiro atoms. The SMILES string of the molecule is C=CCN(CCO)c1ccc(CO)c(Br)c1. The van der Waals surface area contributed by atoms with Gasteiger partial charge in [0.25, 0.3) is 0 Å². The normalized spacial score (nSPS) is 10.2. The van der Waals surface area contributed by atoms with Crippen molar-refractivity contribution in [2.75, 3.05) is 24.6 Å². The Kier molecular flexibility index (Phi) is 5.52. The van der Waals surface area contributed by atoms with E-state index in [0.29, 0.717) is 13.1 Å². The van der Waals surface area contributed by atoms with Crippen molar-refractivity contribution < 1.29 is 10.2 Å². The summed E-state index contributed by atoms with van der Waals surface area (Å²) in [6, 6.07) is 5.73. The molecule has 0 saturated carbocycles. The van der Waals surface area contributed by atoms with Gasteiger partial charge in [0.2, 0.25) is 0 Å². The van der Waals surface area contributed by atoms with Crippen LogP contribution in [0.25, 0.3) is 0 Å². The van der Waals surface area contributed by atoms with Crippen molar-refractivity contribution in [3.05, 3.63) is 40.9 Å². The van der Waals surface area contributed by atoms with Crippen LogP contribution >= 0.6 is 15.9 Å². The molecule has 0 bridgehead atoms. The van der Waals surface area contributed by atoms with E-state index in [2.05, 4.69) is 22.5 Å². The zero-order valence-corrected chi connectivity index (χ0v) is 10.7. The van der Waals surface area contributed by atoms with Crippen molar-refractivity contribution in [3.8, 4) is 0 Å². The van der Waals surface area contributed by atoms with E-state index in [0.717, 1.165) is 15.7 Å². The van der Waals surface area contributed by atoms with E-state index in [1.54, 1.807) is 6.08 Å². The topological polar surface area (TPSA) is 43.7 Å². The summed E-state index contributed by atoms with van der Waals surface area (Å²) in [4.78, 5) is 2.01. The van der Waals surface area contributed by atoms with Crippen molar-refractivity contribution in [1.29, 1.82) is 0 Å². The summed E-state index contributed by atoms with van der Waals surface area (Å²) in [5.41, 5.74) is 1.85. The van der Waals surface area contributed by atoms with Crippen LogP contribution in [0.15, 0.2) is 35.3 Å². The van der Waals surface area contributed by atoms with E-state index >= 15 is 0 Å². The maximum atomic E-state index is 9.05. The summed E-state index contributed by atoms with van der Waals surface area (Å²) in [7, 11) is 0. The summed E-state index contributed by atoms with van der Waals surface area (Å²) in [5.74, 6) is 0. The molecule has 1 rings (SSSR count). The molecule has 2 N–H and O–H groups in total. The molecule has 3 nitrogen and oxygen atoms in total. The molecular formula is C12H16BrNO2. The van der Waals surface area contributed by atoms with Gasteiger partial charge in [-0.1, -0.05) is 28.1 Å². The zero-order chi connectivity index (χ0) is 12.0. The Bertz CT molecular complexity index is 355. The maximum absolute atomic E-state index is 9.05. The number of rotatable bonds is 6. The second kappa shape index (κ2) is 6.68. The third kappa shape index (κ3) is 3.33. The van der Waals surface area contributed by atoms with Gasteiger partial charge in [0, 0.05) is 23.2 Å². The van der Waals surface area contributed by atoms with Gasteiger partial charge in [-0.15, -0.1) is 6.58 Å². The predicted molar refractivity (Wildman–Crippen MR) is 69.6 cm³/mol. The first-order valence-electron chi connectivity index (χ1n) is 5.09. The van der Waals surface area contributed by atoms with E-state index in [-0.39, 0.29) is 13.2 Å². The van der Waals surface area contributed by atoms with Crippen LogP contribution in [-0.2, 0) is 6.61 Å². The second-order valence-corrected chi connectivity index (χ2v) is 4.25. The Morgan fingerprint density at radius 3 is 2.62 bits per heavy atom. The first kappa shape index (κ1) is 13.2. The molecule has 0 radical (unpaired) electrons. The minimum absolute atomic E-state index is 0.0162. The molecule has 0 amide bonds. The predicted octanol–water partition coefficient (Wildman–Crippen LogP) is 1.93.